The molecular weight excluding hydrogens is 435 g/mol. The van der Waals surface area contributed by atoms with E-state index in [9.17, 15) is 4.39 Å². The summed E-state index contributed by atoms with van der Waals surface area (Å²) in [5, 5.41) is 0.638. The van der Waals surface area contributed by atoms with Gasteiger partial charge in [-0.1, -0.05) is 30.3 Å². The Bertz CT molecular complexity index is 1000. The van der Waals surface area contributed by atoms with E-state index in [1.54, 1.807) is 6.07 Å². The number of anilines is 1. The van der Waals surface area contributed by atoms with Gasteiger partial charge in [0.25, 0.3) is 0 Å². The van der Waals surface area contributed by atoms with Crippen molar-refractivity contribution < 1.29 is 9.13 Å². The molecule has 3 aromatic rings. The highest BCUT2D eigenvalue weighted by Crippen LogP contribution is 2.37. The van der Waals surface area contributed by atoms with Crippen molar-refractivity contribution in [3.8, 4) is 5.75 Å². The maximum atomic E-state index is 14.7. The van der Waals surface area contributed by atoms with Gasteiger partial charge in [0.15, 0.2) is 5.82 Å². The van der Waals surface area contributed by atoms with Crippen LogP contribution in [-0.2, 0) is 6.54 Å². The number of benzene rings is 2. The molecule has 2 heterocycles. The smallest absolute Gasteiger partial charge is 0.164 e. The molecule has 1 aliphatic heterocycles. The molecule has 0 spiro atoms. The van der Waals surface area contributed by atoms with Crippen LogP contribution < -0.4 is 9.64 Å². The number of fused-ring (bicyclic) bond motifs is 1. The third kappa shape index (κ3) is 4.07. The SMILES string of the molecule is CCOc1cc(Br)c(F)c2ncnc(N3CCN(Cc4ccccc4)C(C)C3)c12. The molecule has 5 nitrogen and oxygen atoms in total. The van der Waals surface area contributed by atoms with E-state index in [-0.39, 0.29) is 11.3 Å². The summed E-state index contributed by atoms with van der Waals surface area (Å²) in [5.74, 6) is 0.949. The van der Waals surface area contributed by atoms with Crippen LogP contribution in [0.4, 0.5) is 10.2 Å². The zero-order chi connectivity index (χ0) is 20.4. The number of piperazine rings is 1. The molecular formula is C22H24BrFN4O. The fourth-order valence-electron chi connectivity index (χ4n) is 3.88. The first-order valence-corrected chi connectivity index (χ1v) is 10.7. The highest BCUT2D eigenvalue weighted by Gasteiger charge is 2.27. The van der Waals surface area contributed by atoms with Crippen LogP contribution in [-0.4, -0.2) is 47.2 Å². The van der Waals surface area contributed by atoms with Gasteiger partial charge < -0.3 is 9.64 Å². The maximum Gasteiger partial charge on any atom is 0.164 e. The molecule has 152 valence electrons. The summed E-state index contributed by atoms with van der Waals surface area (Å²) < 4.78 is 20.9. The minimum Gasteiger partial charge on any atom is -0.493 e. The standard InChI is InChI=1S/C22H24BrFN4O/c1-3-29-18-11-17(23)20(24)21-19(18)22(26-14-25-21)28-10-9-27(15(2)12-28)13-16-7-5-4-6-8-16/h4-8,11,14-15H,3,9-10,12-13H2,1-2H3. The monoisotopic (exact) mass is 458 g/mol. The van der Waals surface area contributed by atoms with E-state index in [2.05, 4.69) is 66.9 Å². The summed E-state index contributed by atoms with van der Waals surface area (Å²) >= 11 is 3.27. The summed E-state index contributed by atoms with van der Waals surface area (Å²) in [7, 11) is 0. The molecule has 2 aromatic carbocycles. The van der Waals surface area contributed by atoms with E-state index < -0.39 is 0 Å². The fraction of sp³-hybridized carbons (Fsp3) is 0.364. The van der Waals surface area contributed by atoms with Crippen LogP contribution in [0, 0.1) is 5.82 Å². The van der Waals surface area contributed by atoms with E-state index in [1.165, 1.54) is 11.9 Å². The predicted octanol–water partition coefficient (Wildman–Crippen LogP) is 4.64. The van der Waals surface area contributed by atoms with Crippen molar-refractivity contribution >= 4 is 32.7 Å². The molecule has 0 amide bonds. The number of hydrogen-bond donors (Lipinski definition) is 0. The summed E-state index contributed by atoms with van der Waals surface area (Å²) in [4.78, 5) is 13.4. The maximum absolute atomic E-state index is 14.7. The van der Waals surface area contributed by atoms with Crippen molar-refractivity contribution in [1.29, 1.82) is 0 Å². The second-order valence-electron chi connectivity index (χ2n) is 7.28. The molecule has 1 saturated heterocycles. The highest BCUT2D eigenvalue weighted by molar-refractivity contribution is 9.10. The first-order valence-electron chi connectivity index (χ1n) is 9.87. The van der Waals surface area contributed by atoms with Gasteiger partial charge in [-0.25, -0.2) is 14.4 Å². The van der Waals surface area contributed by atoms with Crippen LogP contribution in [0.1, 0.15) is 19.4 Å². The Labute approximate surface area is 178 Å². The quantitative estimate of drug-likeness (QED) is 0.556. The van der Waals surface area contributed by atoms with Gasteiger partial charge in [0.1, 0.15) is 23.4 Å². The van der Waals surface area contributed by atoms with Crippen molar-refractivity contribution in [3.63, 3.8) is 0 Å². The van der Waals surface area contributed by atoms with Gasteiger partial charge in [-0.3, -0.25) is 4.90 Å². The van der Waals surface area contributed by atoms with Gasteiger partial charge >= 0.3 is 0 Å². The molecule has 1 unspecified atom stereocenters. The number of hydrogen-bond acceptors (Lipinski definition) is 5. The molecule has 1 aromatic heterocycles. The Kier molecular flexibility index (Phi) is 5.96. The van der Waals surface area contributed by atoms with Crippen molar-refractivity contribution in [2.75, 3.05) is 31.1 Å². The van der Waals surface area contributed by atoms with Crippen molar-refractivity contribution in [3.05, 3.63) is 58.6 Å². The second-order valence-corrected chi connectivity index (χ2v) is 8.13. The molecule has 29 heavy (non-hydrogen) atoms. The van der Waals surface area contributed by atoms with E-state index in [0.717, 1.165) is 32.0 Å². The number of aromatic nitrogens is 2. The Balaban J connectivity index is 1.63. The van der Waals surface area contributed by atoms with Crippen LogP contribution in [0.2, 0.25) is 0 Å². The molecule has 4 rings (SSSR count). The molecule has 0 saturated carbocycles. The van der Waals surface area contributed by atoms with Crippen molar-refractivity contribution in [2.45, 2.75) is 26.4 Å². The molecule has 7 heteroatoms. The topological polar surface area (TPSA) is 41.5 Å². The largest absolute Gasteiger partial charge is 0.493 e. The molecule has 1 atom stereocenters. The first kappa shape index (κ1) is 20.0. The van der Waals surface area contributed by atoms with E-state index in [1.807, 2.05) is 13.0 Å². The van der Waals surface area contributed by atoms with Crippen LogP contribution in [0.15, 0.2) is 47.2 Å². The summed E-state index contributed by atoms with van der Waals surface area (Å²) in [5.41, 5.74) is 1.60. The third-order valence-electron chi connectivity index (χ3n) is 5.34. The fourth-order valence-corrected chi connectivity index (χ4v) is 4.28. The van der Waals surface area contributed by atoms with E-state index >= 15 is 0 Å². The van der Waals surface area contributed by atoms with Gasteiger partial charge in [-0.2, -0.15) is 0 Å². The van der Waals surface area contributed by atoms with Crippen LogP contribution in [0.5, 0.6) is 5.75 Å². The number of ether oxygens (including phenoxy) is 1. The summed E-state index contributed by atoms with van der Waals surface area (Å²) in [6, 6.07) is 12.5. The Morgan fingerprint density at radius 2 is 2.00 bits per heavy atom. The Morgan fingerprint density at radius 1 is 1.21 bits per heavy atom. The first-order chi connectivity index (χ1) is 14.1. The van der Waals surface area contributed by atoms with Crippen LogP contribution in [0.25, 0.3) is 10.9 Å². The minimum atomic E-state index is -0.386. The lowest BCUT2D eigenvalue weighted by Gasteiger charge is -2.40. The zero-order valence-corrected chi connectivity index (χ0v) is 18.2. The number of rotatable bonds is 5. The normalized spacial score (nSPS) is 17.7. The van der Waals surface area contributed by atoms with Crippen molar-refractivity contribution in [1.82, 2.24) is 14.9 Å². The van der Waals surface area contributed by atoms with Gasteiger partial charge in [0.2, 0.25) is 0 Å². The minimum absolute atomic E-state index is 0.284. The molecule has 0 N–H and O–H groups in total. The van der Waals surface area contributed by atoms with E-state index in [0.29, 0.717) is 28.3 Å². The van der Waals surface area contributed by atoms with E-state index in [4.69, 9.17) is 4.74 Å². The zero-order valence-electron chi connectivity index (χ0n) is 16.6. The third-order valence-corrected chi connectivity index (χ3v) is 5.92. The Hall–Kier alpha value is -2.25. The van der Waals surface area contributed by atoms with Gasteiger partial charge in [0.05, 0.1) is 16.5 Å². The molecule has 0 bridgehead atoms. The highest BCUT2D eigenvalue weighted by atomic mass is 79.9. The summed E-state index contributed by atoms with van der Waals surface area (Å²) in [6.07, 6.45) is 1.43. The van der Waals surface area contributed by atoms with Crippen LogP contribution in [0.3, 0.4) is 0 Å². The molecule has 1 fully saturated rings. The van der Waals surface area contributed by atoms with Crippen LogP contribution >= 0.6 is 15.9 Å². The lowest BCUT2D eigenvalue weighted by molar-refractivity contribution is 0.180. The van der Waals surface area contributed by atoms with Gasteiger partial charge in [-0.15, -0.1) is 0 Å². The number of halogens is 2. The van der Waals surface area contributed by atoms with Gasteiger partial charge in [-0.05, 0) is 41.4 Å². The lowest BCUT2D eigenvalue weighted by Crippen LogP contribution is -2.51. The predicted molar refractivity (Wildman–Crippen MR) is 117 cm³/mol. The second kappa shape index (κ2) is 8.63. The number of nitrogens with zero attached hydrogens (tertiary/aromatic N) is 4. The Morgan fingerprint density at radius 3 is 2.72 bits per heavy atom. The summed E-state index contributed by atoms with van der Waals surface area (Å²) in [6.45, 7) is 8.07. The van der Waals surface area contributed by atoms with Crippen molar-refractivity contribution in [2.24, 2.45) is 0 Å². The average Bonchev–Trinajstić information content (AvgIpc) is 2.74. The lowest BCUT2D eigenvalue weighted by atomic mass is 10.1. The molecule has 0 aliphatic carbocycles. The van der Waals surface area contributed by atoms with Gasteiger partial charge in [0, 0.05) is 32.2 Å². The molecule has 0 radical (unpaired) electrons. The molecule has 1 aliphatic rings. The average molecular weight is 459 g/mol.